The highest BCUT2D eigenvalue weighted by Crippen LogP contribution is 2.06. The number of hydrogen-bond acceptors (Lipinski definition) is 6. The maximum absolute atomic E-state index is 11.8. The molecule has 7 heteroatoms. The fourth-order valence-corrected chi connectivity index (χ4v) is 2.79. The monoisotopic (exact) mass is 314 g/mol. The van der Waals surface area contributed by atoms with E-state index in [0.717, 1.165) is 50.5 Å². The third-order valence-corrected chi connectivity index (χ3v) is 4.11. The van der Waals surface area contributed by atoms with Crippen molar-refractivity contribution < 1.29 is 0 Å². The van der Waals surface area contributed by atoms with E-state index < -0.39 is 0 Å². The van der Waals surface area contributed by atoms with Crippen molar-refractivity contribution in [3.63, 3.8) is 0 Å². The van der Waals surface area contributed by atoms with Gasteiger partial charge in [0.2, 0.25) is 0 Å². The van der Waals surface area contributed by atoms with Crippen LogP contribution in [0.15, 0.2) is 35.6 Å². The van der Waals surface area contributed by atoms with E-state index in [4.69, 9.17) is 0 Å². The fraction of sp³-hybridized carbons (Fsp3) is 0.500. The first-order valence-electron chi connectivity index (χ1n) is 7.94. The zero-order chi connectivity index (χ0) is 16.1. The number of aryl methyl sites for hydroxylation is 1. The van der Waals surface area contributed by atoms with Crippen LogP contribution in [0.4, 0.5) is 0 Å². The molecule has 122 valence electrons. The molecule has 0 N–H and O–H groups in total. The first-order valence-corrected chi connectivity index (χ1v) is 7.94. The third kappa shape index (κ3) is 4.43. The summed E-state index contributed by atoms with van der Waals surface area (Å²) in [5.41, 5.74) is 1.99. The summed E-state index contributed by atoms with van der Waals surface area (Å²) in [6, 6.07) is 3.34. The predicted molar refractivity (Wildman–Crippen MR) is 87.0 cm³/mol. The van der Waals surface area contributed by atoms with Crippen molar-refractivity contribution in [3.8, 4) is 0 Å². The van der Waals surface area contributed by atoms with E-state index in [0.29, 0.717) is 6.54 Å². The Kier molecular flexibility index (Phi) is 5.09. The van der Waals surface area contributed by atoms with Gasteiger partial charge in [-0.1, -0.05) is 0 Å². The predicted octanol–water partition coefficient (Wildman–Crippen LogP) is 0.160. The Morgan fingerprint density at radius 1 is 1.00 bits per heavy atom. The summed E-state index contributed by atoms with van der Waals surface area (Å²) in [5, 5.41) is 4.28. The molecular weight excluding hydrogens is 292 g/mol. The van der Waals surface area contributed by atoms with Crippen LogP contribution in [0.2, 0.25) is 0 Å². The molecule has 0 aromatic carbocycles. The van der Waals surface area contributed by atoms with Crippen molar-refractivity contribution in [2.75, 3.05) is 32.7 Å². The van der Waals surface area contributed by atoms with E-state index in [1.807, 2.05) is 19.3 Å². The van der Waals surface area contributed by atoms with Crippen LogP contribution in [-0.4, -0.2) is 62.3 Å². The average Bonchev–Trinajstić information content (AvgIpc) is 2.58. The lowest BCUT2D eigenvalue weighted by molar-refractivity contribution is 0.122. The summed E-state index contributed by atoms with van der Waals surface area (Å²) < 4.78 is 1.56. The van der Waals surface area contributed by atoms with Crippen LogP contribution < -0.4 is 5.56 Å². The fourth-order valence-electron chi connectivity index (χ4n) is 2.79. The zero-order valence-electron chi connectivity index (χ0n) is 13.4. The van der Waals surface area contributed by atoms with Gasteiger partial charge in [-0.25, -0.2) is 14.6 Å². The van der Waals surface area contributed by atoms with Crippen LogP contribution in [0.1, 0.15) is 11.3 Å². The van der Waals surface area contributed by atoms with Gasteiger partial charge in [0.25, 0.3) is 5.56 Å². The molecular formula is C16H22N6O. The summed E-state index contributed by atoms with van der Waals surface area (Å²) in [6.45, 7) is 8.36. The van der Waals surface area contributed by atoms with E-state index in [1.54, 1.807) is 23.1 Å². The highest BCUT2D eigenvalue weighted by Gasteiger charge is 2.17. The standard InChI is InChI=1S/C16H22N6O/c1-14-2-3-16(23)22(19-14)9-8-20-4-6-21(7-5-20)12-15-10-17-13-18-11-15/h2-3,10-11,13H,4-9,12H2,1H3. The number of hydrogen-bond donors (Lipinski definition) is 0. The Bertz CT molecular complexity index is 678. The first kappa shape index (κ1) is 15.8. The molecule has 1 fully saturated rings. The van der Waals surface area contributed by atoms with Gasteiger partial charge in [-0.3, -0.25) is 14.6 Å². The second-order valence-corrected chi connectivity index (χ2v) is 5.90. The van der Waals surface area contributed by atoms with E-state index in [1.165, 1.54) is 0 Å². The number of aromatic nitrogens is 4. The summed E-state index contributed by atoms with van der Waals surface area (Å²) >= 11 is 0. The molecule has 0 spiro atoms. The summed E-state index contributed by atoms with van der Waals surface area (Å²) in [4.78, 5) is 24.7. The lowest BCUT2D eigenvalue weighted by atomic mass is 10.2. The molecule has 2 aromatic rings. The molecule has 0 radical (unpaired) electrons. The van der Waals surface area contributed by atoms with Crippen molar-refractivity contribution in [2.24, 2.45) is 0 Å². The lowest BCUT2D eigenvalue weighted by Crippen LogP contribution is -2.47. The van der Waals surface area contributed by atoms with Gasteiger partial charge in [0.15, 0.2) is 0 Å². The number of rotatable bonds is 5. The molecule has 3 rings (SSSR count). The molecule has 1 aliphatic rings. The first-order chi connectivity index (χ1) is 11.2. The zero-order valence-corrected chi connectivity index (χ0v) is 13.4. The molecule has 1 aliphatic heterocycles. The molecule has 2 aromatic heterocycles. The Morgan fingerprint density at radius 3 is 2.43 bits per heavy atom. The lowest BCUT2D eigenvalue weighted by Gasteiger charge is -2.34. The molecule has 0 aliphatic carbocycles. The van der Waals surface area contributed by atoms with Gasteiger partial charge in [0, 0.05) is 63.3 Å². The minimum Gasteiger partial charge on any atom is -0.299 e. The SMILES string of the molecule is Cc1ccc(=O)n(CCN2CCN(Cc3cncnc3)CC2)n1. The largest absolute Gasteiger partial charge is 0.299 e. The van der Waals surface area contributed by atoms with Crippen LogP contribution in [0, 0.1) is 6.92 Å². The number of nitrogens with zero attached hydrogens (tertiary/aromatic N) is 6. The Hall–Kier alpha value is -2.12. The van der Waals surface area contributed by atoms with Crippen LogP contribution in [-0.2, 0) is 13.1 Å². The second kappa shape index (κ2) is 7.43. The number of piperazine rings is 1. The molecule has 0 bridgehead atoms. The molecule has 1 saturated heterocycles. The molecule has 0 amide bonds. The van der Waals surface area contributed by atoms with Crippen molar-refractivity contribution in [3.05, 3.63) is 52.5 Å². The topological polar surface area (TPSA) is 67.2 Å². The Labute approximate surface area is 135 Å². The molecule has 3 heterocycles. The summed E-state index contributed by atoms with van der Waals surface area (Å²) in [7, 11) is 0. The molecule has 0 atom stereocenters. The van der Waals surface area contributed by atoms with Gasteiger partial charge in [0.1, 0.15) is 6.33 Å². The van der Waals surface area contributed by atoms with Crippen LogP contribution in [0.25, 0.3) is 0 Å². The average molecular weight is 314 g/mol. The molecule has 0 unspecified atom stereocenters. The molecule has 7 nitrogen and oxygen atoms in total. The van der Waals surface area contributed by atoms with E-state index >= 15 is 0 Å². The van der Waals surface area contributed by atoms with E-state index in [9.17, 15) is 4.79 Å². The molecule has 0 saturated carbocycles. The highest BCUT2D eigenvalue weighted by atomic mass is 16.1. The van der Waals surface area contributed by atoms with Crippen molar-refractivity contribution >= 4 is 0 Å². The van der Waals surface area contributed by atoms with Crippen LogP contribution in [0.3, 0.4) is 0 Å². The van der Waals surface area contributed by atoms with Crippen molar-refractivity contribution in [2.45, 2.75) is 20.0 Å². The normalized spacial score (nSPS) is 16.6. The smallest absolute Gasteiger partial charge is 0.266 e. The third-order valence-electron chi connectivity index (χ3n) is 4.11. The molecule has 23 heavy (non-hydrogen) atoms. The van der Waals surface area contributed by atoms with Gasteiger partial charge in [-0.05, 0) is 13.0 Å². The summed E-state index contributed by atoms with van der Waals surface area (Å²) in [6.07, 6.45) is 5.30. The van der Waals surface area contributed by atoms with E-state index in [2.05, 4.69) is 24.9 Å². The Balaban J connectivity index is 1.46. The van der Waals surface area contributed by atoms with Gasteiger partial charge >= 0.3 is 0 Å². The van der Waals surface area contributed by atoms with Crippen LogP contribution in [0.5, 0.6) is 0 Å². The van der Waals surface area contributed by atoms with Crippen molar-refractivity contribution in [1.82, 2.24) is 29.5 Å². The van der Waals surface area contributed by atoms with Crippen LogP contribution >= 0.6 is 0 Å². The highest BCUT2D eigenvalue weighted by molar-refractivity contribution is 5.02. The quantitative estimate of drug-likeness (QED) is 0.783. The van der Waals surface area contributed by atoms with Gasteiger partial charge in [-0.15, -0.1) is 0 Å². The summed E-state index contributed by atoms with van der Waals surface area (Å²) in [5.74, 6) is 0. The second-order valence-electron chi connectivity index (χ2n) is 5.90. The Morgan fingerprint density at radius 2 is 1.70 bits per heavy atom. The van der Waals surface area contributed by atoms with Gasteiger partial charge < -0.3 is 0 Å². The van der Waals surface area contributed by atoms with Gasteiger partial charge in [0.05, 0.1) is 12.2 Å². The minimum absolute atomic E-state index is 0.0293. The van der Waals surface area contributed by atoms with Gasteiger partial charge in [-0.2, -0.15) is 5.10 Å². The maximum atomic E-state index is 11.8. The maximum Gasteiger partial charge on any atom is 0.266 e. The minimum atomic E-state index is -0.0293. The van der Waals surface area contributed by atoms with E-state index in [-0.39, 0.29) is 5.56 Å². The van der Waals surface area contributed by atoms with Crippen molar-refractivity contribution in [1.29, 1.82) is 0 Å².